The SMILES string of the molecule is C=CCN(CC=C)P(OC)N(CC=C)CC=C. The maximum absolute atomic E-state index is 5.61. The Morgan fingerprint density at radius 3 is 1.29 bits per heavy atom. The van der Waals surface area contributed by atoms with Gasteiger partial charge in [0.25, 0.3) is 0 Å². The first-order valence-electron chi connectivity index (χ1n) is 5.52. The topological polar surface area (TPSA) is 15.7 Å². The van der Waals surface area contributed by atoms with Crippen LogP contribution in [0.2, 0.25) is 0 Å². The molecule has 96 valence electrons. The Morgan fingerprint density at radius 1 is 0.824 bits per heavy atom. The van der Waals surface area contributed by atoms with Crippen LogP contribution in [0.4, 0.5) is 0 Å². The van der Waals surface area contributed by atoms with Crippen molar-refractivity contribution >= 4 is 8.45 Å². The summed E-state index contributed by atoms with van der Waals surface area (Å²) in [5.74, 6) is 0. The predicted molar refractivity (Wildman–Crippen MR) is 77.9 cm³/mol. The lowest BCUT2D eigenvalue weighted by Crippen LogP contribution is -2.30. The molecule has 0 amide bonds. The van der Waals surface area contributed by atoms with E-state index in [0.717, 1.165) is 26.2 Å². The Kier molecular flexibility index (Phi) is 9.98. The minimum atomic E-state index is -0.827. The molecule has 0 bridgehead atoms. The van der Waals surface area contributed by atoms with Gasteiger partial charge in [0.1, 0.15) is 0 Å². The summed E-state index contributed by atoms with van der Waals surface area (Å²) in [5, 5.41) is 0. The lowest BCUT2D eigenvalue weighted by molar-refractivity contribution is 0.333. The maximum atomic E-state index is 5.61. The molecule has 0 saturated carbocycles. The first kappa shape index (κ1) is 16.3. The molecule has 0 N–H and O–H groups in total. The van der Waals surface area contributed by atoms with E-state index in [1.165, 1.54) is 0 Å². The van der Waals surface area contributed by atoms with Gasteiger partial charge in [-0.25, -0.2) is 9.34 Å². The largest absolute Gasteiger partial charge is 0.335 e. The van der Waals surface area contributed by atoms with Gasteiger partial charge in [-0.05, 0) is 0 Å². The molecule has 0 aliphatic heterocycles. The van der Waals surface area contributed by atoms with Crippen molar-refractivity contribution in [1.82, 2.24) is 9.34 Å². The second-order valence-corrected chi connectivity index (χ2v) is 5.34. The zero-order chi connectivity index (χ0) is 13.1. The van der Waals surface area contributed by atoms with Crippen molar-refractivity contribution in [1.29, 1.82) is 0 Å². The number of nitrogens with zero attached hydrogens (tertiary/aromatic N) is 2. The summed E-state index contributed by atoms with van der Waals surface area (Å²) < 4.78 is 10.0. The molecule has 0 spiro atoms. The van der Waals surface area contributed by atoms with Crippen LogP contribution in [0, 0.1) is 0 Å². The van der Waals surface area contributed by atoms with Gasteiger partial charge in [0, 0.05) is 33.3 Å². The van der Waals surface area contributed by atoms with E-state index >= 15 is 0 Å². The molecule has 0 aromatic heterocycles. The van der Waals surface area contributed by atoms with E-state index in [9.17, 15) is 0 Å². The molecule has 0 aromatic carbocycles. The summed E-state index contributed by atoms with van der Waals surface area (Å²) in [6.45, 7) is 18.2. The lowest BCUT2D eigenvalue weighted by Gasteiger charge is -2.35. The Bertz CT molecular complexity index is 212. The average Bonchev–Trinajstić information content (AvgIpc) is 2.31. The normalized spacial score (nSPS) is 10.8. The fourth-order valence-corrected chi connectivity index (χ4v) is 3.27. The van der Waals surface area contributed by atoms with Crippen molar-refractivity contribution in [2.24, 2.45) is 0 Å². The maximum Gasteiger partial charge on any atom is 0.188 e. The van der Waals surface area contributed by atoms with Gasteiger partial charge in [0.2, 0.25) is 0 Å². The van der Waals surface area contributed by atoms with Gasteiger partial charge in [0.05, 0.1) is 0 Å². The molecule has 0 fully saturated rings. The van der Waals surface area contributed by atoms with Crippen molar-refractivity contribution < 1.29 is 4.52 Å². The standard InChI is InChI=1S/C13H23N2OP/c1-6-10-14(11-7-2)17(16-5)15(12-8-3)13-9-4/h6-9H,1-4,10-13H2,5H3. The summed E-state index contributed by atoms with van der Waals surface area (Å²) in [7, 11) is 0.899. The molecule has 0 radical (unpaired) electrons. The van der Waals surface area contributed by atoms with Crippen LogP contribution in [-0.2, 0) is 4.52 Å². The minimum absolute atomic E-state index is 0.774. The lowest BCUT2D eigenvalue weighted by atomic mass is 10.5. The summed E-state index contributed by atoms with van der Waals surface area (Å²) in [6, 6.07) is 0. The Hall–Kier alpha value is -0.730. The second kappa shape index (κ2) is 10.4. The van der Waals surface area contributed by atoms with Crippen LogP contribution in [0.15, 0.2) is 50.6 Å². The molecule has 0 unspecified atom stereocenters. The third-order valence-corrected chi connectivity index (χ3v) is 3.95. The van der Waals surface area contributed by atoms with Crippen molar-refractivity contribution in [3.8, 4) is 0 Å². The Balaban J connectivity index is 4.77. The third-order valence-electron chi connectivity index (χ3n) is 2.01. The molecule has 0 rings (SSSR count). The van der Waals surface area contributed by atoms with Gasteiger partial charge in [0.15, 0.2) is 8.45 Å². The summed E-state index contributed by atoms with van der Waals surface area (Å²) in [5.41, 5.74) is 0. The van der Waals surface area contributed by atoms with E-state index in [1.807, 2.05) is 24.3 Å². The van der Waals surface area contributed by atoms with Gasteiger partial charge in [-0.3, -0.25) is 0 Å². The molecular formula is C13H23N2OP. The fourth-order valence-electron chi connectivity index (χ4n) is 1.43. The zero-order valence-electron chi connectivity index (χ0n) is 10.7. The first-order valence-corrected chi connectivity index (χ1v) is 6.69. The summed E-state index contributed by atoms with van der Waals surface area (Å²) >= 11 is 0. The molecule has 17 heavy (non-hydrogen) atoms. The van der Waals surface area contributed by atoms with Gasteiger partial charge in [-0.1, -0.05) is 24.3 Å². The van der Waals surface area contributed by atoms with E-state index in [0.29, 0.717) is 0 Å². The molecule has 0 heterocycles. The molecule has 3 nitrogen and oxygen atoms in total. The fraction of sp³-hybridized carbons (Fsp3) is 0.385. The van der Waals surface area contributed by atoms with Crippen LogP contribution in [0.3, 0.4) is 0 Å². The van der Waals surface area contributed by atoms with E-state index in [1.54, 1.807) is 7.11 Å². The molecule has 0 atom stereocenters. The van der Waals surface area contributed by atoms with Crippen molar-refractivity contribution in [2.75, 3.05) is 33.3 Å². The predicted octanol–water partition coefficient (Wildman–Crippen LogP) is 3.21. The molecule has 0 saturated heterocycles. The van der Waals surface area contributed by atoms with Crippen molar-refractivity contribution in [3.63, 3.8) is 0 Å². The quantitative estimate of drug-likeness (QED) is 0.416. The number of hydrogen-bond donors (Lipinski definition) is 0. The van der Waals surface area contributed by atoms with Crippen LogP contribution in [0.25, 0.3) is 0 Å². The highest BCUT2D eigenvalue weighted by atomic mass is 31.2. The van der Waals surface area contributed by atoms with Gasteiger partial charge in [-0.15, -0.1) is 26.3 Å². The van der Waals surface area contributed by atoms with E-state index in [4.69, 9.17) is 4.52 Å². The minimum Gasteiger partial charge on any atom is -0.335 e. The first-order chi connectivity index (χ1) is 8.24. The van der Waals surface area contributed by atoms with Crippen LogP contribution < -0.4 is 0 Å². The third kappa shape index (κ3) is 5.94. The van der Waals surface area contributed by atoms with E-state index in [2.05, 4.69) is 35.7 Å². The molecule has 0 aliphatic carbocycles. The van der Waals surface area contributed by atoms with E-state index in [-0.39, 0.29) is 0 Å². The second-order valence-electron chi connectivity index (χ2n) is 3.33. The van der Waals surface area contributed by atoms with Crippen molar-refractivity contribution in [3.05, 3.63) is 50.6 Å². The summed E-state index contributed by atoms with van der Waals surface area (Å²) in [6.07, 6.45) is 7.49. The summed E-state index contributed by atoms with van der Waals surface area (Å²) in [4.78, 5) is 0. The smallest absolute Gasteiger partial charge is 0.188 e. The number of hydrogen-bond acceptors (Lipinski definition) is 3. The van der Waals surface area contributed by atoms with Crippen molar-refractivity contribution in [2.45, 2.75) is 0 Å². The van der Waals surface area contributed by atoms with Crippen LogP contribution in [-0.4, -0.2) is 42.6 Å². The van der Waals surface area contributed by atoms with Crippen LogP contribution in [0.5, 0.6) is 0 Å². The highest BCUT2D eigenvalue weighted by molar-refractivity contribution is 7.47. The highest BCUT2D eigenvalue weighted by Crippen LogP contribution is 2.44. The average molecular weight is 254 g/mol. The molecule has 0 aromatic rings. The highest BCUT2D eigenvalue weighted by Gasteiger charge is 2.23. The van der Waals surface area contributed by atoms with Crippen LogP contribution in [0.1, 0.15) is 0 Å². The monoisotopic (exact) mass is 254 g/mol. The number of rotatable bonds is 11. The molecule has 4 heteroatoms. The van der Waals surface area contributed by atoms with Gasteiger partial charge >= 0.3 is 0 Å². The molecular weight excluding hydrogens is 231 g/mol. The van der Waals surface area contributed by atoms with Gasteiger partial charge in [-0.2, -0.15) is 0 Å². The van der Waals surface area contributed by atoms with E-state index < -0.39 is 8.45 Å². The Labute approximate surface area is 107 Å². The zero-order valence-corrected chi connectivity index (χ0v) is 11.6. The molecule has 0 aliphatic rings. The van der Waals surface area contributed by atoms with Crippen LogP contribution >= 0.6 is 8.45 Å². The van der Waals surface area contributed by atoms with Gasteiger partial charge < -0.3 is 4.52 Å². The Morgan fingerprint density at radius 2 is 1.12 bits per heavy atom.